The Balaban J connectivity index is 4.00. The summed E-state index contributed by atoms with van der Waals surface area (Å²) >= 11 is 0. The summed E-state index contributed by atoms with van der Waals surface area (Å²) < 4.78 is 0. The van der Waals surface area contributed by atoms with Gasteiger partial charge in [0.05, 0.1) is 5.92 Å². The van der Waals surface area contributed by atoms with Crippen molar-refractivity contribution in [3.8, 4) is 0 Å². The Hall–Kier alpha value is -0.610. The zero-order valence-electron chi connectivity index (χ0n) is 13.9. The van der Waals surface area contributed by atoms with Gasteiger partial charge in [0.15, 0.2) is 0 Å². The molecule has 0 rings (SSSR count). The molecule has 0 radical (unpaired) electrons. The summed E-state index contributed by atoms with van der Waals surface area (Å²) in [4.78, 5) is 15.7. The molecule has 4 nitrogen and oxygen atoms in total. The van der Waals surface area contributed by atoms with Gasteiger partial charge in [-0.25, -0.2) is 0 Å². The van der Waals surface area contributed by atoms with Gasteiger partial charge >= 0.3 is 5.97 Å². The topological polar surface area (TPSA) is 43.8 Å². The number of carboxylic acids is 1. The van der Waals surface area contributed by atoms with Crippen molar-refractivity contribution < 1.29 is 9.90 Å². The summed E-state index contributed by atoms with van der Waals surface area (Å²) in [6.07, 6.45) is 4.68. The third kappa shape index (κ3) is 9.32. The number of rotatable bonds is 13. The molecule has 1 N–H and O–H groups in total. The maximum Gasteiger partial charge on any atom is 0.307 e. The molecule has 0 saturated carbocycles. The van der Waals surface area contributed by atoms with Gasteiger partial charge in [-0.15, -0.1) is 0 Å². The smallest absolute Gasteiger partial charge is 0.307 e. The quantitative estimate of drug-likeness (QED) is 0.529. The Kier molecular flexibility index (Phi) is 11.8. The number of hydrogen-bond acceptors (Lipinski definition) is 3. The summed E-state index contributed by atoms with van der Waals surface area (Å²) in [5.74, 6) is -0.954. The molecule has 0 aliphatic heterocycles. The minimum absolute atomic E-state index is 0.269. The van der Waals surface area contributed by atoms with Crippen molar-refractivity contribution >= 4 is 5.97 Å². The van der Waals surface area contributed by atoms with E-state index in [2.05, 4.69) is 30.6 Å². The summed E-state index contributed by atoms with van der Waals surface area (Å²) in [5.41, 5.74) is 0. The second-order valence-electron chi connectivity index (χ2n) is 5.63. The van der Waals surface area contributed by atoms with E-state index < -0.39 is 5.97 Å². The van der Waals surface area contributed by atoms with E-state index in [-0.39, 0.29) is 5.92 Å². The molecule has 0 amide bonds. The van der Waals surface area contributed by atoms with Crippen molar-refractivity contribution in [2.45, 2.75) is 53.4 Å². The van der Waals surface area contributed by atoms with Crippen LogP contribution in [0.25, 0.3) is 0 Å². The normalized spacial score (nSPS) is 13.1. The monoisotopic (exact) mass is 286 g/mol. The van der Waals surface area contributed by atoms with Gasteiger partial charge in [-0.05, 0) is 52.0 Å². The molecule has 120 valence electrons. The number of nitrogens with zero attached hydrogens (tertiary/aromatic N) is 2. The number of carbonyl (C=O) groups is 1. The van der Waals surface area contributed by atoms with Crippen molar-refractivity contribution in [1.29, 1.82) is 0 Å². The van der Waals surface area contributed by atoms with Crippen molar-refractivity contribution in [3.63, 3.8) is 0 Å². The van der Waals surface area contributed by atoms with Crippen LogP contribution in [0.15, 0.2) is 0 Å². The van der Waals surface area contributed by atoms with Crippen LogP contribution in [0.4, 0.5) is 0 Å². The zero-order chi connectivity index (χ0) is 15.4. The highest BCUT2D eigenvalue weighted by atomic mass is 16.4. The number of unbranched alkanes of at least 4 members (excludes halogenated alkanes) is 2. The first-order valence-corrected chi connectivity index (χ1v) is 8.22. The summed E-state index contributed by atoms with van der Waals surface area (Å²) in [6.45, 7) is 14.5. The van der Waals surface area contributed by atoms with Crippen molar-refractivity contribution in [2.24, 2.45) is 5.92 Å². The van der Waals surface area contributed by atoms with E-state index in [1.807, 2.05) is 0 Å². The molecule has 1 atom stereocenters. The van der Waals surface area contributed by atoms with Gasteiger partial charge in [0.2, 0.25) is 0 Å². The molecule has 0 aromatic rings. The van der Waals surface area contributed by atoms with Crippen molar-refractivity contribution in [2.75, 3.05) is 39.3 Å². The molecule has 0 aliphatic carbocycles. The van der Waals surface area contributed by atoms with E-state index >= 15 is 0 Å². The lowest BCUT2D eigenvalue weighted by atomic mass is 10.1. The molecule has 20 heavy (non-hydrogen) atoms. The molecular formula is C16H34N2O2. The lowest BCUT2D eigenvalue weighted by Gasteiger charge is -2.25. The van der Waals surface area contributed by atoms with Crippen LogP contribution < -0.4 is 0 Å². The minimum atomic E-state index is -0.686. The minimum Gasteiger partial charge on any atom is -0.481 e. The molecule has 0 spiro atoms. The highest BCUT2D eigenvalue weighted by Gasteiger charge is 2.15. The van der Waals surface area contributed by atoms with E-state index in [1.165, 1.54) is 6.42 Å². The summed E-state index contributed by atoms with van der Waals surface area (Å²) in [6, 6.07) is 0. The molecule has 0 aromatic heterocycles. The Morgan fingerprint density at radius 2 is 1.45 bits per heavy atom. The zero-order valence-corrected chi connectivity index (χ0v) is 13.9. The largest absolute Gasteiger partial charge is 0.481 e. The van der Waals surface area contributed by atoms with Crippen LogP contribution in [0.3, 0.4) is 0 Å². The first kappa shape index (κ1) is 19.4. The molecule has 0 fully saturated rings. The third-order valence-electron chi connectivity index (χ3n) is 3.87. The Bertz CT molecular complexity index is 243. The Morgan fingerprint density at radius 3 is 1.90 bits per heavy atom. The Labute approximate surface area is 125 Å². The standard InChI is InChI=1S/C16H34N2O2/c1-5-8-11-18(14-15(4)16(19)20)13-10-9-12-17(6-2)7-3/h15H,5-14H2,1-4H3,(H,19,20). The van der Waals surface area contributed by atoms with Crippen LogP contribution in [0.2, 0.25) is 0 Å². The van der Waals surface area contributed by atoms with E-state index in [0.29, 0.717) is 6.54 Å². The van der Waals surface area contributed by atoms with Gasteiger partial charge in [0, 0.05) is 6.54 Å². The van der Waals surface area contributed by atoms with Gasteiger partial charge in [0.25, 0.3) is 0 Å². The number of hydrogen-bond donors (Lipinski definition) is 1. The lowest BCUT2D eigenvalue weighted by molar-refractivity contribution is -0.141. The van der Waals surface area contributed by atoms with Crippen LogP contribution in [0.1, 0.15) is 53.4 Å². The fourth-order valence-corrected chi connectivity index (χ4v) is 2.35. The molecule has 0 bridgehead atoms. The number of aliphatic carboxylic acids is 1. The number of carboxylic acid groups (broad SMARTS) is 1. The highest BCUT2D eigenvalue weighted by Crippen LogP contribution is 2.05. The maximum atomic E-state index is 11.0. The molecule has 0 heterocycles. The Morgan fingerprint density at radius 1 is 0.950 bits per heavy atom. The first-order valence-electron chi connectivity index (χ1n) is 8.22. The van der Waals surface area contributed by atoms with Gasteiger partial charge < -0.3 is 14.9 Å². The van der Waals surface area contributed by atoms with E-state index in [1.54, 1.807) is 6.92 Å². The summed E-state index contributed by atoms with van der Waals surface area (Å²) in [5, 5.41) is 9.03. The SMILES string of the molecule is CCCCN(CCCCN(CC)CC)CC(C)C(=O)O. The van der Waals surface area contributed by atoms with Gasteiger partial charge in [-0.3, -0.25) is 4.79 Å². The van der Waals surface area contributed by atoms with Crippen LogP contribution in [0, 0.1) is 5.92 Å². The lowest BCUT2D eigenvalue weighted by Crippen LogP contribution is -2.34. The van der Waals surface area contributed by atoms with Gasteiger partial charge in [0.1, 0.15) is 0 Å². The predicted molar refractivity (Wildman–Crippen MR) is 85.2 cm³/mol. The van der Waals surface area contributed by atoms with Gasteiger partial charge in [-0.2, -0.15) is 0 Å². The fraction of sp³-hybridized carbons (Fsp3) is 0.938. The second kappa shape index (κ2) is 12.2. The van der Waals surface area contributed by atoms with Crippen LogP contribution in [-0.2, 0) is 4.79 Å². The van der Waals surface area contributed by atoms with Crippen LogP contribution in [0.5, 0.6) is 0 Å². The molecule has 0 aromatic carbocycles. The van der Waals surface area contributed by atoms with E-state index in [4.69, 9.17) is 5.11 Å². The van der Waals surface area contributed by atoms with Crippen LogP contribution in [-0.4, -0.2) is 60.1 Å². The molecule has 1 unspecified atom stereocenters. The molecule has 0 aliphatic rings. The van der Waals surface area contributed by atoms with E-state index in [0.717, 1.165) is 52.0 Å². The average molecular weight is 286 g/mol. The second-order valence-corrected chi connectivity index (χ2v) is 5.63. The molecule has 4 heteroatoms. The molecular weight excluding hydrogens is 252 g/mol. The summed E-state index contributed by atoms with van der Waals surface area (Å²) in [7, 11) is 0. The average Bonchev–Trinajstić information content (AvgIpc) is 2.44. The highest BCUT2D eigenvalue weighted by molar-refractivity contribution is 5.69. The van der Waals surface area contributed by atoms with E-state index in [9.17, 15) is 4.79 Å². The fourth-order valence-electron chi connectivity index (χ4n) is 2.35. The van der Waals surface area contributed by atoms with Crippen molar-refractivity contribution in [3.05, 3.63) is 0 Å². The maximum absolute atomic E-state index is 11.0. The van der Waals surface area contributed by atoms with Crippen molar-refractivity contribution in [1.82, 2.24) is 9.80 Å². The molecule has 0 saturated heterocycles. The van der Waals surface area contributed by atoms with Gasteiger partial charge in [-0.1, -0.05) is 34.1 Å². The first-order chi connectivity index (χ1) is 9.54. The third-order valence-corrected chi connectivity index (χ3v) is 3.87. The van der Waals surface area contributed by atoms with Crippen LogP contribution >= 0.6 is 0 Å². The predicted octanol–water partition coefficient (Wildman–Crippen LogP) is 2.93.